The monoisotopic (exact) mass is 272 g/mol. The van der Waals surface area contributed by atoms with Crippen LogP contribution in [0.25, 0.3) is 0 Å². The van der Waals surface area contributed by atoms with E-state index in [2.05, 4.69) is 38.3 Å². The Morgan fingerprint density at radius 3 is 2.30 bits per heavy atom. The van der Waals surface area contributed by atoms with E-state index in [1.807, 2.05) is 6.07 Å². The molecule has 0 aliphatic rings. The molecular weight excluding hydrogens is 251 g/mol. The Hall–Kier alpha value is -1.71. The summed E-state index contributed by atoms with van der Waals surface area (Å²) in [5, 5.41) is 0. The Kier molecular flexibility index (Phi) is 4.53. The average molecular weight is 272 g/mol. The van der Waals surface area contributed by atoms with E-state index < -0.39 is 0 Å². The van der Waals surface area contributed by atoms with Crippen LogP contribution in [0.2, 0.25) is 0 Å². The molecule has 0 fully saturated rings. The second-order valence-corrected chi connectivity index (χ2v) is 5.36. The van der Waals surface area contributed by atoms with Crippen LogP contribution in [0.1, 0.15) is 33.9 Å². The zero-order valence-electron chi connectivity index (χ0n) is 12.2. The fraction of sp³-hybridized carbons (Fsp3) is 0.294. The van der Waals surface area contributed by atoms with Gasteiger partial charge in [-0.2, -0.15) is 0 Å². The van der Waals surface area contributed by atoms with Crippen LogP contribution in [-0.4, -0.2) is 0 Å². The lowest BCUT2D eigenvalue weighted by atomic mass is 9.92. The summed E-state index contributed by atoms with van der Waals surface area (Å²) in [6, 6.07) is 10.8. The summed E-state index contributed by atoms with van der Waals surface area (Å²) in [4.78, 5) is 0. The highest BCUT2D eigenvalue weighted by Gasteiger charge is 2.14. The molecule has 3 heteroatoms. The van der Waals surface area contributed by atoms with Crippen molar-refractivity contribution in [2.75, 3.05) is 0 Å². The van der Waals surface area contributed by atoms with Crippen molar-refractivity contribution in [2.24, 2.45) is 5.84 Å². The van der Waals surface area contributed by atoms with Gasteiger partial charge in [0.2, 0.25) is 0 Å². The van der Waals surface area contributed by atoms with E-state index >= 15 is 0 Å². The topological polar surface area (TPSA) is 38.0 Å². The van der Waals surface area contributed by atoms with Gasteiger partial charge in [0, 0.05) is 0 Å². The Bertz CT molecular complexity index is 585. The molecule has 3 N–H and O–H groups in total. The number of nitrogens with two attached hydrogens (primary N) is 1. The second kappa shape index (κ2) is 6.16. The number of aryl methyl sites for hydroxylation is 3. The minimum Gasteiger partial charge on any atom is -0.271 e. The predicted molar refractivity (Wildman–Crippen MR) is 80.8 cm³/mol. The van der Waals surface area contributed by atoms with E-state index in [9.17, 15) is 4.39 Å². The highest BCUT2D eigenvalue weighted by molar-refractivity contribution is 5.39. The number of rotatable bonds is 4. The smallest absolute Gasteiger partial charge is 0.123 e. The van der Waals surface area contributed by atoms with Crippen LogP contribution in [0.3, 0.4) is 0 Å². The molecule has 20 heavy (non-hydrogen) atoms. The van der Waals surface area contributed by atoms with Gasteiger partial charge in [-0.05, 0) is 61.6 Å². The highest BCUT2D eigenvalue weighted by atomic mass is 19.1. The maximum absolute atomic E-state index is 13.3. The minimum atomic E-state index is -0.236. The summed E-state index contributed by atoms with van der Waals surface area (Å²) in [6.45, 7) is 6.30. The van der Waals surface area contributed by atoms with Crippen LogP contribution in [0.15, 0.2) is 36.4 Å². The van der Waals surface area contributed by atoms with E-state index in [0.29, 0.717) is 0 Å². The van der Waals surface area contributed by atoms with Gasteiger partial charge in [-0.15, -0.1) is 0 Å². The molecule has 2 rings (SSSR count). The predicted octanol–water partition coefficient (Wildman–Crippen LogP) is 3.50. The standard InChI is InChI=1S/C17H21FN2/c1-11-7-12(2)16(13(3)8-11)10-17(20-19)14-5-4-6-15(18)9-14/h4-9,17,20H,10,19H2,1-3H3. The maximum atomic E-state index is 13.3. The fourth-order valence-electron chi connectivity index (χ4n) is 2.73. The molecule has 0 saturated carbocycles. The molecule has 1 atom stereocenters. The highest BCUT2D eigenvalue weighted by Crippen LogP contribution is 2.24. The lowest BCUT2D eigenvalue weighted by Gasteiger charge is -2.20. The Balaban J connectivity index is 2.32. The molecule has 0 aliphatic heterocycles. The van der Waals surface area contributed by atoms with Crippen LogP contribution in [0, 0.1) is 26.6 Å². The zero-order chi connectivity index (χ0) is 14.7. The van der Waals surface area contributed by atoms with Gasteiger partial charge < -0.3 is 0 Å². The van der Waals surface area contributed by atoms with Crippen LogP contribution < -0.4 is 11.3 Å². The molecule has 2 nitrogen and oxygen atoms in total. The van der Waals surface area contributed by atoms with Gasteiger partial charge in [-0.25, -0.2) is 4.39 Å². The van der Waals surface area contributed by atoms with Crippen LogP contribution in [0.4, 0.5) is 4.39 Å². The molecule has 2 aromatic carbocycles. The third kappa shape index (κ3) is 3.24. The first kappa shape index (κ1) is 14.7. The third-order valence-corrected chi connectivity index (χ3v) is 3.70. The van der Waals surface area contributed by atoms with Gasteiger partial charge in [0.15, 0.2) is 0 Å². The zero-order valence-corrected chi connectivity index (χ0v) is 12.2. The van der Waals surface area contributed by atoms with E-state index in [-0.39, 0.29) is 11.9 Å². The molecule has 0 aromatic heterocycles. The largest absolute Gasteiger partial charge is 0.271 e. The molecule has 0 saturated heterocycles. The summed E-state index contributed by atoms with van der Waals surface area (Å²) < 4.78 is 13.3. The summed E-state index contributed by atoms with van der Waals surface area (Å²) in [5.74, 6) is 5.42. The van der Waals surface area contributed by atoms with E-state index in [1.54, 1.807) is 6.07 Å². The fourth-order valence-corrected chi connectivity index (χ4v) is 2.73. The summed E-state index contributed by atoms with van der Waals surface area (Å²) in [5.41, 5.74) is 8.69. The summed E-state index contributed by atoms with van der Waals surface area (Å²) in [6.07, 6.45) is 0.748. The molecular formula is C17H21FN2. The lowest BCUT2D eigenvalue weighted by molar-refractivity contribution is 0.542. The summed E-state index contributed by atoms with van der Waals surface area (Å²) in [7, 11) is 0. The van der Waals surface area contributed by atoms with Crippen LogP contribution >= 0.6 is 0 Å². The van der Waals surface area contributed by atoms with Crippen molar-refractivity contribution in [1.82, 2.24) is 5.43 Å². The molecule has 2 aromatic rings. The molecule has 0 aliphatic carbocycles. The number of benzene rings is 2. The van der Waals surface area contributed by atoms with Crippen molar-refractivity contribution in [3.8, 4) is 0 Å². The maximum Gasteiger partial charge on any atom is 0.123 e. The molecule has 1 unspecified atom stereocenters. The van der Waals surface area contributed by atoms with Gasteiger partial charge in [-0.1, -0.05) is 29.8 Å². The van der Waals surface area contributed by atoms with Crippen molar-refractivity contribution in [3.63, 3.8) is 0 Å². The third-order valence-electron chi connectivity index (χ3n) is 3.70. The number of hydrogen-bond donors (Lipinski definition) is 2. The number of hydrogen-bond acceptors (Lipinski definition) is 2. The second-order valence-electron chi connectivity index (χ2n) is 5.36. The number of halogens is 1. The van der Waals surface area contributed by atoms with Gasteiger partial charge >= 0.3 is 0 Å². The Labute approximate surface area is 119 Å². The lowest BCUT2D eigenvalue weighted by Crippen LogP contribution is -2.30. The molecule has 0 radical (unpaired) electrons. The first-order valence-corrected chi connectivity index (χ1v) is 6.79. The number of nitrogens with one attached hydrogen (secondary N) is 1. The van der Waals surface area contributed by atoms with Crippen molar-refractivity contribution in [1.29, 1.82) is 0 Å². The molecule has 0 amide bonds. The first-order chi connectivity index (χ1) is 9.51. The van der Waals surface area contributed by atoms with Crippen molar-refractivity contribution >= 4 is 0 Å². The molecule has 0 heterocycles. The van der Waals surface area contributed by atoms with E-state index in [4.69, 9.17) is 5.84 Å². The first-order valence-electron chi connectivity index (χ1n) is 6.79. The average Bonchev–Trinajstić information content (AvgIpc) is 2.38. The molecule has 0 spiro atoms. The van der Waals surface area contributed by atoms with Gasteiger partial charge in [0.1, 0.15) is 5.82 Å². The van der Waals surface area contributed by atoms with Crippen molar-refractivity contribution in [3.05, 3.63) is 70.0 Å². The van der Waals surface area contributed by atoms with Crippen LogP contribution in [0.5, 0.6) is 0 Å². The van der Waals surface area contributed by atoms with Crippen molar-refractivity contribution < 1.29 is 4.39 Å². The van der Waals surface area contributed by atoms with Crippen LogP contribution in [-0.2, 0) is 6.42 Å². The molecule has 106 valence electrons. The minimum absolute atomic E-state index is 0.0918. The summed E-state index contributed by atoms with van der Waals surface area (Å²) >= 11 is 0. The Morgan fingerprint density at radius 1 is 1.10 bits per heavy atom. The van der Waals surface area contributed by atoms with Crippen molar-refractivity contribution in [2.45, 2.75) is 33.2 Å². The van der Waals surface area contributed by atoms with Gasteiger partial charge in [0.05, 0.1) is 6.04 Å². The quantitative estimate of drug-likeness (QED) is 0.660. The Morgan fingerprint density at radius 2 is 1.75 bits per heavy atom. The normalized spacial score (nSPS) is 12.4. The van der Waals surface area contributed by atoms with Gasteiger partial charge in [-0.3, -0.25) is 11.3 Å². The van der Waals surface area contributed by atoms with Gasteiger partial charge in [0.25, 0.3) is 0 Å². The SMILES string of the molecule is Cc1cc(C)c(CC(NN)c2cccc(F)c2)c(C)c1. The molecule has 0 bridgehead atoms. The van der Waals surface area contributed by atoms with E-state index in [0.717, 1.165) is 12.0 Å². The van der Waals surface area contributed by atoms with E-state index in [1.165, 1.54) is 34.4 Å². The number of hydrazine groups is 1.